The Labute approximate surface area is 155 Å². The molecule has 2 atom stereocenters. The van der Waals surface area contributed by atoms with Gasteiger partial charge >= 0.3 is 0 Å². The van der Waals surface area contributed by atoms with Crippen molar-refractivity contribution in [2.45, 2.75) is 24.7 Å². The van der Waals surface area contributed by atoms with Crippen molar-refractivity contribution in [3.63, 3.8) is 0 Å². The van der Waals surface area contributed by atoms with Gasteiger partial charge in [-0.05, 0) is 55.5 Å². The lowest BCUT2D eigenvalue weighted by molar-refractivity contribution is -0.116. The second kappa shape index (κ2) is 6.87. The van der Waals surface area contributed by atoms with E-state index in [4.69, 9.17) is 0 Å². The van der Waals surface area contributed by atoms with Crippen LogP contribution >= 0.6 is 12.4 Å². The number of carbonyl (C=O) groups excluding carboxylic acids is 1. The molecule has 0 spiro atoms. The summed E-state index contributed by atoms with van der Waals surface area (Å²) >= 11 is 0. The van der Waals surface area contributed by atoms with Crippen LogP contribution in [0.3, 0.4) is 0 Å². The second-order valence-corrected chi connectivity index (χ2v) is 8.98. The zero-order valence-electron chi connectivity index (χ0n) is 14.3. The van der Waals surface area contributed by atoms with Crippen molar-refractivity contribution in [1.29, 1.82) is 0 Å². The summed E-state index contributed by atoms with van der Waals surface area (Å²) in [4.78, 5) is 13.7. The summed E-state index contributed by atoms with van der Waals surface area (Å²) in [6.07, 6.45) is 1.70. The fraction of sp³-hybridized carbons (Fsp3) is 0.588. The lowest BCUT2D eigenvalue weighted by atomic mass is 9.90. The average molecular weight is 386 g/mol. The van der Waals surface area contributed by atoms with Gasteiger partial charge in [0.05, 0.1) is 4.90 Å². The Morgan fingerprint density at radius 3 is 2.72 bits per heavy atom. The number of benzene rings is 1. The molecule has 2 saturated heterocycles. The Morgan fingerprint density at radius 2 is 1.96 bits per heavy atom. The second-order valence-electron chi connectivity index (χ2n) is 7.04. The van der Waals surface area contributed by atoms with Crippen molar-refractivity contribution < 1.29 is 13.2 Å². The minimum Gasteiger partial charge on any atom is -0.316 e. The zero-order valence-corrected chi connectivity index (χ0v) is 15.9. The van der Waals surface area contributed by atoms with Crippen molar-refractivity contribution in [3.8, 4) is 0 Å². The van der Waals surface area contributed by atoms with E-state index in [1.165, 1.54) is 6.92 Å². The number of carbonyl (C=O) groups is 1. The van der Waals surface area contributed by atoms with Crippen LogP contribution in [0.1, 0.15) is 18.9 Å². The molecule has 3 heterocycles. The number of hydrogen-bond acceptors (Lipinski definition) is 4. The van der Waals surface area contributed by atoms with E-state index in [-0.39, 0.29) is 18.3 Å². The standard InChI is InChI=1S/C17H23N3O3S.ClH/c1-12(21)20-7-5-13-2-3-16(8-17(13)20)24(22,23)19-6-4-14-9-18-10-15(14)11-19;/h2-3,8,14-15,18H,4-7,9-11H2,1H3;1H. The van der Waals surface area contributed by atoms with Gasteiger partial charge in [-0.25, -0.2) is 8.42 Å². The van der Waals surface area contributed by atoms with Crippen molar-refractivity contribution in [2.24, 2.45) is 11.8 Å². The predicted molar refractivity (Wildman–Crippen MR) is 98.6 cm³/mol. The summed E-state index contributed by atoms with van der Waals surface area (Å²) in [5.41, 5.74) is 1.80. The molecular weight excluding hydrogens is 362 g/mol. The number of anilines is 1. The molecule has 1 aromatic carbocycles. The maximum absolute atomic E-state index is 13.1. The number of nitrogens with zero attached hydrogens (tertiary/aromatic N) is 2. The molecule has 2 unspecified atom stereocenters. The van der Waals surface area contributed by atoms with Gasteiger partial charge in [-0.3, -0.25) is 4.79 Å². The highest BCUT2D eigenvalue weighted by Crippen LogP contribution is 2.34. The van der Waals surface area contributed by atoms with Crippen LogP contribution in [0.15, 0.2) is 23.1 Å². The maximum Gasteiger partial charge on any atom is 0.243 e. The first-order chi connectivity index (χ1) is 11.5. The summed E-state index contributed by atoms with van der Waals surface area (Å²) in [7, 11) is -3.50. The van der Waals surface area contributed by atoms with Gasteiger partial charge < -0.3 is 10.2 Å². The van der Waals surface area contributed by atoms with E-state index >= 15 is 0 Å². The molecule has 0 saturated carbocycles. The quantitative estimate of drug-likeness (QED) is 0.831. The van der Waals surface area contributed by atoms with Gasteiger partial charge in [0.1, 0.15) is 0 Å². The highest BCUT2D eigenvalue weighted by Gasteiger charge is 2.38. The number of rotatable bonds is 2. The monoisotopic (exact) mass is 385 g/mol. The lowest BCUT2D eigenvalue weighted by Gasteiger charge is -2.33. The number of amides is 1. The number of halogens is 1. The lowest BCUT2D eigenvalue weighted by Crippen LogP contribution is -2.43. The van der Waals surface area contributed by atoms with Crippen molar-refractivity contribution in [3.05, 3.63) is 23.8 Å². The van der Waals surface area contributed by atoms with E-state index in [2.05, 4.69) is 5.32 Å². The molecule has 0 radical (unpaired) electrons. The third kappa shape index (κ3) is 3.18. The molecule has 0 aliphatic carbocycles. The zero-order chi connectivity index (χ0) is 16.9. The molecule has 1 N–H and O–H groups in total. The van der Waals surface area contributed by atoms with E-state index in [1.807, 2.05) is 6.07 Å². The number of sulfonamides is 1. The van der Waals surface area contributed by atoms with Gasteiger partial charge in [0, 0.05) is 32.2 Å². The molecule has 1 amide bonds. The molecule has 0 aromatic heterocycles. The molecule has 3 aliphatic heterocycles. The topological polar surface area (TPSA) is 69.7 Å². The van der Waals surface area contributed by atoms with E-state index in [1.54, 1.807) is 21.3 Å². The van der Waals surface area contributed by atoms with Gasteiger partial charge in [0.25, 0.3) is 0 Å². The first kappa shape index (κ1) is 18.6. The molecule has 138 valence electrons. The van der Waals surface area contributed by atoms with Crippen molar-refractivity contribution in [1.82, 2.24) is 9.62 Å². The number of nitrogens with one attached hydrogen (secondary N) is 1. The smallest absolute Gasteiger partial charge is 0.243 e. The Bertz CT molecular complexity index is 783. The van der Waals surface area contributed by atoms with Gasteiger partial charge in [-0.2, -0.15) is 4.31 Å². The maximum atomic E-state index is 13.1. The fourth-order valence-corrected chi connectivity index (χ4v) is 5.75. The van der Waals surface area contributed by atoms with Crippen LogP contribution in [0.4, 0.5) is 5.69 Å². The molecule has 3 aliphatic rings. The Balaban J connectivity index is 0.00000182. The van der Waals surface area contributed by atoms with Crippen LogP contribution < -0.4 is 10.2 Å². The number of piperidine rings is 1. The minimum absolute atomic E-state index is 0. The SMILES string of the molecule is CC(=O)N1CCc2ccc(S(=O)(=O)N3CCC4CNCC4C3)cc21.Cl. The van der Waals surface area contributed by atoms with E-state index in [0.29, 0.717) is 36.4 Å². The summed E-state index contributed by atoms with van der Waals surface area (Å²) in [6, 6.07) is 5.23. The summed E-state index contributed by atoms with van der Waals surface area (Å²) in [5, 5.41) is 3.36. The van der Waals surface area contributed by atoms with Crippen LogP contribution in [-0.2, 0) is 21.2 Å². The van der Waals surface area contributed by atoms with Gasteiger partial charge in [-0.1, -0.05) is 6.07 Å². The third-order valence-electron chi connectivity index (χ3n) is 5.64. The minimum atomic E-state index is -3.50. The first-order valence-corrected chi connectivity index (χ1v) is 10.0. The van der Waals surface area contributed by atoms with E-state index < -0.39 is 10.0 Å². The Kier molecular flexibility index (Phi) is 5.12. The van der Waals surface area contributed by atoms with Crippen LogP contribution in [0.5, 0.6) is 0 Å². The number of hydrogen-bond donors (Lipinski definition) is 1. The Hall–Kier alpha value is -1.15. The third-order valence-corrected chi connectivity index (χ3v) is 7.50. The highest BCUT2D eigenvalue weighted by atomic mass is 35.5. The van der Waals surface area contributed by atoms with Gasteiger partial charge in [-0.15, -0.1) is 12.4 Å². The largest absolute Gasteiger partial charge is 0.316 e. The molecule has 4 rings (SSSR count). The molecule has 2 fully saturated rings. The van der Waals surface area contributed by atoms with Crippen LogP contribution in [-0.4, -0.2) is 51.4 Å². The molecule has 1 aromatic rings. The molecular formula is C17H24ClN3O3S. The van der Waals surface area contributed by atoms with Crippen molar-refractivity contribution >= 4 is 34.0 Å². The summed E-state index contributed by atoms with van der Waals surface area (Å²) in [6.45, 7) is 5.23. The van der Waals surface area contributed by atoms with E-state index in [0.717, 1.165) is 37.2 Å². The summed E-state index contributed by atoms with van der Waals surface area (Å²) < 4.78 is 27.7. The molecule has 8 heteroatoms. The predicted octanol–water partition coefficient (Wildman–Crippen LogP) is 1.25. The van der Waals surface area contributed by atoms with Crippen LogP contribution in [0.25, 0.3) is 0 Å². The molecule has 0 bridgehead atoms. The first-order valence-electron chi connectivity index (χ1n) is 8.59. The van der Waals surface area contributed by atoms with Gasteiger partial charge in [0.2, 0.25) is 15.9 Å². The normalized spacial score (nSPS) is 26.0. The average Bonchev–Trinajstić information content (AvgIpc) is 3.19. The molecule has 6 nitrogen and oxygen atoms in total. The fourth-order valence-electron chi connectivity index (χ4n) is 4.22. The van der Waals surface area contributed by atoms with Crippen molar-refractivity contribution in [2.75, 3.05) is 37.6 Å². The van der Waals surface area contributed by atoms with Crippen LogP contribution in [0, 0.1) is 11.8 Å². The molecule has 25 heavy (non-hydrogen) atoms. The Morgan fingerprint density at radius 1 is 1.20 bits per heavy atom. The highest BCUT2D eigenvalue weighted by molar-refractivity contribution is 7.89. The number of fused-ring (bicyclic) bond motifs is 2. The van der Waals surface area contributed by atoms with E-state index in [9.17, 15) is 13.2 Å². The van der Waals surface area contributed by atoms with Crippen LogP contribution in [0.2, 0.25) is 0 Å². The summed E-state index contributed by atoms with van der Waals surface area (Å²) in [5.74, 6) is 0.975. The van der Waals surface area contributed by atoms with Gasteiger partial charge in [0.15, 0.2) is 0 Å².